The maximum absolute atomic E-state index is 5.39. The van der Waals surface area contributed by atoms with Gasteiger partial charge in [-0.1, -0.05) is 0 Å². The zero-order valence-electron chi connectivity index (χ0n) is 5.35. The molecule has 0 amide bonds. The molecule has 0 heterocycles. The van der Waals surface area contributed by atoms with E-state index in [0.29, 0.717) is 6.04 Å². The summed E-state index contributed by atoms with van der Waals surface area (Å²) in [6, 6.07) is 1.32. The minimum Gasteiger partial charge on any atom is -0.329 e. The highest BCUT2D eigenvalue weighted by Crippen LogP contribution is 2.18. The molecule has 8 heavy (non-hydrogen) atoms. The van der Waals surface area contributed by atoms with E-state index in [4.69, 9.17) is 5.73 Å². The van der Waals surface area contributed by atoms with Crippen LogP contribution < -0.4 is 11.1 Å². The first-order valence-corrected chi connectivity index (χ1v) is 3.29. The van der Waals surface area contributed by atoms with Crippen molar-refractivity contribution in [3.8, 4) is 0 Å². The number of nitrogens with one attached hydrogen (secondary N) is 1. The number of rotatable bonds is 3. The van der Waals surface area contributed by atoms with E-state index in [0.717, 1.165) is 12.6 Å². The smallest absolute Gasteiger partial charge is 0.0164 e. The highest BCUT2D eigenvalue weighted by atomic mass is 15.0. The largest absolute Gasteiger partial charge is 0.329 e. The lowest BCUT2D eigenvalue weighted by Crippen LogP contribution is -2.34. The van der Waals surface area contributed by atoms with Crippen LogP contribution in [0, 0.1) is 0 Å². The van der Waals surface area contributed by atoms with Crippen LogP contribution in [0.2, 0.25) is 0 Å². The zero-order valence-corrected chi connectivity index (χ0v) is 5.35. The van der Waals surface area contributed by atoms with Gasteiger partial charge in [-0.05, 0) is 19.8 Å². The first kappa shape index (κ1) is 6.05. The second kappa shape index (κ2) is 2.46. The van der Waals surface area contributed by atoms with Crippen LogP contribution in [0.4, 0.5) is 0 Å². The van der Waals surface area contributed by atoms with Gasteiger partial charge in [0, 0.05) is 18.6 Å². The fourth-order valence-corrected chi connectivity index (χ4v) is 0.720. The van der Waals surface area contributed by atoms with Crippen LogP contribution in [0.25, 0.3) is 0 Å². The lowest BCUT2D eigenvalue weighted by Gasteiger charge is -2.08. The molecule has 3 N–H and O–H groups in total. The molecule has 0 aromatic rings. The van der Waals surface area contributed by atoms with Gasteiger partial charge in [0.05, 0.1) is 0 Å². The molecule has 0 spiro atoms. The van der Waals surface area contributed by atoms with Gasteiger partial charge in [0.25, 0.3) is 0 Å². The molecule has 1 aliphatic carbocycles. The van der Waals surface area contributed by atoms with Gasteiger partial charge < -0.3 is 11.1 Å². The molecule has 1 atom stereocenters. The minimum atomic E-state index is 0.516. The normalized spacial score (nSPS) is 23.2. The van der Waals surface area contributed by atoms with Crippen molar-refractivity contribution in [1.29, 1.82) is 0 Å². The molecule has 1 rings (SSSR count). The van der Waals surface area contributed by atoms with Gasteiger partial charge in [0.15, 0.2) is 0 Å². The molecule has 2 nitrogen and oxygen atoms in total. The summed E-state index contributed by atoms with van der Waals surface area (Å²) in [7, 11) is 0. The van der Waals surface area contributed by atoms with Gasteiger partial charge in [-0.2, -0.15) is 0 Å². The van der Waals surface area contributed by atoms with Gasteiger partial charge in [-0.15, -0.1) is 0 Å². The summed E-state index contributed by atoms with van der Waals surface area (Å²) in [4.78, 5) is 0. The Morgan fingerprint density at radius 1 is 1.75 bits per heavy atom. The third-order valence-corrected chi connectivity index (χ3v) is 1.45. The molecule has 1 aliphatic rings. The van der Waals surface area contributed by atoms with Crippen molar-refractivity contribution in [3.63, 3.8) is 0 Å². The van der Waals surface area contributed by atoms with Crippen LogP contribution in [0.3, 0.4) is 0 Å². The van der Waals surface area contributed by atoms with Crippen molar-refractivity contribution in [2.45, 2.75) is 31.8 Å². The van der Waals surface area contributed by atoms with Crippen LogP contribution in [0.5, 0.6) is 0 Å². The van der Waals surface area contributed by atoms with Crippen LogP contribution in [-0.4, -0.2) is 18.6 Å². The van der Waals surface area contributed by atoms with Crippen molar-refractivity contribution in [1.82, 2.24) is 5.32 Å². The second-order valence-corrected chi connectivity index (χ2v) is 2.58. The van der Waals surface area contributed by atoms with E-state index in [1.165, 1.54) is 12.8 Å². The van der Waals surface area contributed by atoms with Crippen LogP contribution in [0.1, 0.15) is 19.8 Å². The van der Waals surface area contributed by atoms with E-state index < -0.39 is 0 Å². The summed E-state index contributed by atoms with van der Waals surface area (Å²) in [6.07, 6.45) is 2.70. The Morgan fingerprint density at radius 2 is 2.38 bits per heavy atom. The van der Waals surface area contributed by atoms with Gasteiger partial charge in [-0.3, -0.25) is 0 Å². The Kier molecular flexibility index (Phi) is 1.86. The lowest BCUT2D eigenvalue weighted by molar-refractivity contribution is 0.553. The maximum atomic E-state index is 5.39. The Balaban J connectivity index is 1.98. The zero-order chi connectivity index (χ0) is 5.98. The van der Waals surface area contributed by atoms with E-state index in [-0.39, 0.29) is 0 Å². The molecular weight excluding hydrogens is 100 g/mol. The fourth-order valence-electron chi connectivity index (χ4n) is 0.720. The standard InChI is InChI=1S/C6H14N2/c1-5(4-7)8-6-2-3-6/h5-6,8H,2-4,7H2,1H3/t5-/m0/s1. The molecule has 48 valence electrons. The Bertz CT molecular complexity index is 68.9. The highest BCUT2D eigenvalue weighted by molar-refractivity contribution is 4.83. The molecule has 0 aromatic carbocycles. The third kappa shape index (κ3) is 1.80. The average molecular weight is 114 g/mol. The first-order chi connectivity index (χ1) is 3.83. The molecular formula is C6H14N2. The molecule has 0 radical (unpaired) electrons. The van der Waals surface area contributed by atoms with Crippen LogP contribution in [-0.2, 0) is 0 Å². The van der Waals surface area contributed by atoms with Crippen molar-refractivity contribution in [3.05, 3.63) is 0 Å². The van der Waals surface area contributed by atoms with Crippen LogP contribution in [0.15, 0.2) is 0 Å². The summed E-state index contributed by atoms with van der Waals surface area (Å²) in [5.74, 6) is 0. The lowest BCUT2D eigenvalue weighted by atomic mass is 10.3. The van der Waals surface area contributed by atoms with Gasteiger partial charge in [0.2, 0.25) is 0 Å². The summed E-state index contributed by atoms with van der Waals surface area (Å²) in [6.45, 7) is 2.88. The van der Waals surface area contributed by atoms with Crippen molar-refractivity contribution in [2.75, 3.05) is 6.54 Å². The molecule has 1 fully saturated rings. The average Bonchev–Trinajstić information content (AvgIpc) is 2.50. The number of nitrogens with two attached hydrogens (primary N) is 1. The van der Waals surface area contributed by atoms with Gasteiger partial charge in [0.1, 0.15) is 0 Å². The maximum Gasteiger partial charge on any atom is 0.0164 e. The second-order valence-electron chi connectivity index (χ2n) is 2.58. The van der Waals surface area contributed by atoms with E-state index in [1.54, 1.807) is 0 Å². The Hall–Kier alpha value is -0.0800. The highest BCUT2D eigenvalue weighted by Gasteiger charge is 2.21. The third-order valence-electron chi connectivity index (χ3n) is 1.45. The first-order valence-electron chi connectivity index (χ1n) is 3.29. The molecule has 0 bridgehead atoms. The van der Waals surface area contributed by atoms with E-state index in [1.807, 2.05) is 0 Å². The molecule has 1 saturated carbocycles. The van der Waals surface area contributed by atoms with Gasteiger partial charge >= 0.3 is 0 Å². The monoisotopic (exact) mass is 114 g/mol. The fraction of sp³-hybridized carbons (Fsp3) is 1.00. The van der Waals surface area contributed by atoms with Crippen molar-refractivity contribution in [2.24, 2.45) is 5.73 Å². The molecule has 0 unspecified atom stereocenters. The van der Waals surface area contributed by atoms with Crippen molar-refractivity contribution >= 4 is 0 Å². The van der Waals surface area contributed by atoms with E-state index in [2.05, 4.69) is 12.2 Å². The quantitative estimate of drug-likeness (QED) is 0.545. The van der Waals surface area contributed by atoms with Gasteiger partial charge in [-0.25, -0.2) is 0 Å². The number of hydrogen-bond acceptors (Lipinski definition) is 2. The van der Waals surface area contributed by atoms with E-state index >= 15 is 0 Å². The Labute approximate surface area is 50.4 Å². The predicted molar refractivity (Wildman–Crippen MR) is 34.7 cm³/mol. The summed E-state index contributed by atoms with van der Waals surface area (Å²) in [5.41, 5.74) is 5.39. The summed E-state index contributed by atoms with van der Waals surface area (Å²) >= 11 is 0. The molecule has 0 saturated heterocycles. The van der Waals surface area contributed by atoms with Crippen molar-refractivity contribution < 1.29 is 0 Å². The molecule has 2 heteroatoms. The van der Waals surface area contributed by atoms with E-state index in [9.17, 15) is 0 Å². The number of hydrogen-bond donors (Lipinski definition) is 2. The summed E-state index contributed by atoms with van der Waals surface area (Å²) in [5, 5.41) is 3.38. The Morgan fingerprint density at radius 3 is 2.75 bits per heavy atom. The topological polar surface area (TPSA) is 38.0 Å². The summed E-state index contributed by atoms with van der Waals surface area (Å²) < 4.78 is 0. The molecule has 0 aromatic heterocycles. The SMILES string of the molecule is C[C@@H](CN)NC1CC1. The van der Waals surface area contributed by atoms with Crippen LogP contribution >= 0.6 is 0 Å². The molecule has 0 aliphatic heterocycles. The minimum absolute atomic E-state index is 0.516. The predicted octanol–water partition coefficient (Wildman–Crippen LogP) is 0.0856.